The number of ether oxygens (including phenoxy) is 1. The molecule has 0 amide bonds. The van der Waals surface area contributed by atoms with E-state index >= 15 is 0 Å². The largest absolute Gasteiger partial charge is 0.468 e. The maximum atomic E-state index is 11.8. The van der Waals surface area contributed by atoms with Gasteiger partial charge in [0.1, 0.15) is 11.7 Å². The van der Waals surface area contributed by atoms with Gasteiger partial charge in [-0.2, -0.15) is 0 Å². The first kappa shape index (κ1) is 15.1. The van der Waals surface area contributed by atoms with E-state index in [9.17, 15) is 9.59 Å². The van der Waals surface area contributed by atoms with Crippen LogP contribution in [0.25, 0.3) is 0 Å². The van der Waals surface area contributed by atoms with Gasteiger partial charge in [0.15, 0.2) is 0 Å². The molecule has 0 saturated heterocycles. The van der Waals surface area contributed by atoms with Crippen molar-refractivity contribution in [2.45, 2.75) is 52.9 Å². The number of hydrogen-bond acceptors (Lipinski definition) is 3. The van der Waals surface area contributed by atoms with Crippen molar-refractivity contribution in [2.24, 2.45) is 11.8 Å². The van der Waals surface area contributed by atoms with Crippen molar-refractivity contribution in [3.8, 4) is 0 Å². The molecule has 0 aromatic heterocycles. The Morgan fingerprint density at radius 3 is 2.25 bits per heavy atom. The van der Waals surface area contributed by atoms with E-state index in [1.807, 2.05) is 6.92 Å². The van der Waals surface area contributed by atoms with E-state index in [4.69, 9.17) is 0 Å². The lowest BCUT2D eigenvalue weighted by atomic mass is 9.91. The fraction of sp³-hybridized carbons (Fsp3) is 0.846. The zero-order valence-corrected chi connectivity index (χ0v) is 10.9. The van der Waals surface area contributed by atoms with Gasteiger partial charge in [-0.3, -0.25) is 9.59 Å². The molecule has 0 unspecified atom stereocenters. The summed E-state index contributed by atoms with van der Waals surface area (Å²) in [5.74, 6) is -1.08. The highest BCUT2D eigenvalue weighted by atomic mass is 16.5. The number of Topliss-reactive ketones (excluding diaryl/α,β-unsaturated/α-hetero) is 1. The van der Waals surface area contributed by atoms with Crippen LogP contribution in [0.15, 0.2) is 0 Å². The third-order valence-corrected chi connectivity index (χ3v) is 2.96. The Bertz CT molecular complexity index is 223. The standard InChI is InChI=1S/C13H24O3/c1-5-6-7-8-9-10(2)12(14)11(3)13(15)16-4/h10-11H,5-9H2,1-4H3/t10-,11-/m1/s1. The summed E-state index contributed by atoms with van der Waals surface area (Å²) in [7, 11) is 1.32. The van der Waals surface area contributed by atoms with Crippen molar-refractivity contribution in [1.82, 2.24) is 0 Å². The van der Waals surface area contributed by atoms with Crippen LogP contribution < -0.4 is 0 Å². The van der Waals surface area contributed by atoms with Gasteiger partial charge in [-0.05, 0) is 13.3 Å². The number of methoxy groups -OCH3 is 1. The highest BCUT2D eigenvalue weighted by molar-refractivity contribution is 5.99. The van der Waals surface area contributed by atoms with Crippen LogP contribution in [0.1, 0.15) is 52.9 Å². The van der Waals surface area contributed by atoms with Gasteiger partial charge in [0.2, 0.25) is 0 Å². The zero-order chi connectivity index (χ0) is 12.6. The summed E-state index contributed by atoms with van der Waals surface area (Å²) in [6.45, 7) is 5.68. The van der Waals surface area contributed by atoms with E-state index in [0.717, 1.165) is 12.8 Å². The maximum Gasteiger partial charge on any atom is 0.315 e. The molecule has 0 bridgehead atoms. The molecule has 0 rings (SSSR count). The second-order valence-electron chi connectivity index (χ2n) is 4.40. The summed E-state index contributed by atoms with van der Waals surface area (Å²) in [5.41, 5.74) is 0. The molecule has 3 nitrogen and oxygen atoms in total. The fourth-order valence-corrected chi connectivity index (χ4v) is 1.74. The van der Waals surface area contributed by atoms with Crippen molar-refractivity contribution in [1.29, 1.82) is 0 Å². The Labute approximate surface area is 98.6 Å². The van der Waals surface area contributed by atoms with Gasteiger partial charge in [-0.25, -0.2) is 0 Å². The molecule has 0 N–H and O–H groups in total. The number of unbranched alkanes of at least 4 members (excludes halogenated alkanes) is 3. The van der Waals surface area contributed by atoms with E-state index in [-0.39, 0.29) is 11.7 Å². The monoisotopic (exact) mass is 228 g/mol. The number of hydrogen-bond donors (Lipinski definition) is 0. The lowest BCUT2D eigenvalue weighted by Crippen LogP contribution is -2.27. The van der Waals surface area contributed by atoms with Crippen molar-refractivity contribution >= 4 is 11.8 Å². The first-order valence-electron chi connectivity index (χ1n) is 6.16. The molecule has 0 fully saturated rings. The van der Waals surface area contributed by atoms with Crippen LogP contribution in [-0.4, -0.2) is 18.9 Å². The molecule has 16 heavy (non-hydrogen) atoms. The molecule has 0 radical (unpaired) electrons. The smallest absolute Gasteiger partial charge is 0.315 e. The zero-order valence-electron chi connectivity index (χ0n) is 10.9. The van der Waals surface area contributed by atoms with Gasteiger partial charge >= 0.3 is 5.97 Å². The predicted octanol–water partition coefficient (Wildman–Crippen LogP) is 2.97. The third-order valence-electron chi connectivity index (χ3n) is 2.96. The third kappa shape index (κ3) is 5.29. The summed E-state index contributed by atoms with van der Waals surface area (Å²) < 4.78 is 4.57. The Hall–Kier alpha value is -0.860. The number of rotatable bonds is 8. The van der Waals surface area contributed by atoms with E-state index in [1.54, 1.807) is 6.92 Å². The molecule has 0 spiro atoms. The first-order chi connectivity index (χ1) is 7.54. The molecule has 0 aliphatic carbocycles. The Kier molecular flexibility index (Phi) is 7.86. The molecule has 3 heteroatoms. The van der Waals surface area contributed by atoms with Crippen LogP contribution >= 0.6 is 0 Å². The van der Waals surface area contributed by atoms with Crippen molar-refractivity contribution in [2.75, 3.05) is 7.11 Å². The van der Waals surface area contributed by atoms with E-state index in [0.29, 0.717) is 0 Å². The topological polar surface area (TPSA) is 43.4 Å². The summed E-state index contributed by atoms with van der Waals surface area (Å²) in [4.78, 5) is 23.0. The number of carbonyl (C=O) groups is 2. The lowest BCUT2D eigenvalue weighted by molar-refractivity contribution is -0.149. The van der Waals surface area contributed by atoms with Crippen LogP contribution in [0.5, 0.6) is 0 Å². The first-order valence-corrected chi connectivity index (χ1v) is 6.16. The molecule has 0 aliphatic heterocycles. The van der Waals surface area contributed by atoms with Gasteiger partial charge < -0.3 is 4.74 Å². The molecule has 0 aromatic carbocycles. The Balaban J connectivity index is 3.93. The minimum atomic E-state index is -0.619. The maximum absolute atomic E-state index is 11.8. The van der Waals surface area contributed by atoms with E-state index < -0.39 is 11.9 Å². The van der Waals surface area contributed by atoms with Gasteiger partial charge in [0, 0.05) is 5.92 Å². The van der Waals surface area contributed by atoms with Crippen LogP contribution in [-0.2, 0) is 14.3 Å². The lowest BCUT2D eigenvalue weighted by Gasteiger charge is -2.14. The molecule has 94 valence electrons. The average molecular weight is 228 g/mol. The highest BCUT2D eigenvalue weighted by Gasteiger charge is 2.26. The van der Waals surface area contributed by atoms with Crippen LogP contribution in [0.4, 0.5) is 0 Å². The molecule has 0 saturated carbocycles. The van der Waals surface area contributed by atoms with Gasteiger partial charge in [0.05, 0.1) is 7.11 Å². The molecular formula is C13H24O3. The second-order valence-corrected chi connectivity index (χ2v) is 4.40. The second kappa shape index (κ2) is 8.31. The molecule has 2 atom stereocenters. The summed E-state index contributed by atoms with van der Waals surface area (Å²) in [5, 5.41) is 0. The summed E-state index contributed by atoms with van der Waals surface area (Å²) in [6, 6.07) is 0. The quantitative estimate of drug-likeness (QED) is 0.364. The van der Waals surface area contributed by atoms with E-state index in [1.165, 1.54) is 26.4 Å². The Morgan fingerprint density at radius 2 is 1.75 bits per heavy atom. The van der Waals surface area contributed by atoms with E-state index in [2.05, 4.69) is 11.7 Å². The molecule has 0 heterocycles. The van der Waals surface area contributed by atoms with Gasteiger partial charge in [-0.15, -0.1) is 0 Å². The SMILES string of the molecule is CCCCCC[C@@H](C)C(=O)[C@@H](C)C(=O)OC. The van der Waals surface area contributed by atoms with Crippen molar-refractivity contribution in [3.63, 3.8) is 0 Å². The molecule has 0 aliphatic rings. The van der Waals surface area contributed by atoms with Crippen LogP contribution in [0.2, 0.25) is 0 Å². The van der Waals surface area contributed by atoms with Crippen LogP contribution in [0, 0.1) is 11.8 Å². The number of carbonyl (C=O) groups excluding carboxylic acids is 2. The Morgan fingerprint density at radius 1 is 1.12 bits per heavy atom. The minimum Gasteiger partial charge on any atom is -0.468 e. The molecular weight excluding hydrogens is 204 g/mol. The number of ketones is 1. The summed E-state index contributed by atoms with van der Waals surface area (Å²) >= 11 is 0. The minimum absolute atomic E-state index is 0.00310. The fourth-order valence-electron chi connectivity index (χ4n) is 1.74. The van der Waals surface area contributed by atoms with Crippen molar-refractivity contribution < 1.29 is 14.3 Å². The summed E-state index contributed by atoms with van der Waals surface area (Å²) in [6.07, 6.45) is 5.52. The average Bonchev–Trinajstić information content (AvgIpc) is 2.31. The normalized spacial score (nSPS) is 14.2. The number of esters is 1. The van der Waals surface area contributed by atoms with Gasteiger partial charge in [-0.1, -0.05) is 39.5 Å². The highest BCUT2D eigenvalue weighted by Crippen LogP contribution is 2.16. The van der Waals surface area contributed by atoms with Crippen LogP contribution in [0.3, 0.4) is 0 Å². The predicted molar refractivity (Wildman–Crippen MR) is 64.1 cm³/mol. The van der Waals surface area contributed by atoms with Gasteiger partial charge in [0.25, 0.3) is 0 Å². The van der Waals surface area contributed by atoms with Crippen molar-refractivity contribution in [3.05, 3.63) is 0 Å². The molecule has 0 aromatic rings.